The van der Waals surface area contributed by atoms with Crippen LogP contribution < -0.4 is 10.2 Å². The molecule has 2 heterocycles. The molecular formula is C15H27N3OS. The van der Waals surface area contributed by atoms with Crippen molar-refractivity contribution in [2.24, 2.45) is 0 Å². The van der Waals surface area contributed by atoms with Crippen LogP contribution in [0.2, 0.25) is 0 Å². The number of methoxy groups -OCH3 is 1. The first-order valence-electron chi connectivity index (χ1n) is 7.71. The van der Waals surface area contributed by atoms with Crippen LogP contribution in [0, 0.1) is 0 Å². The molecule has 2 rings (SSSR count). The number of nitrogens with zero attached hydrogens (tertiary/aromatic N) is 2. The molecule has 0 spiro atoms. The molecule has 0 aromatic carbocycles. The number of ether oxygens (including phenoxy) is 1. The summed E-state index contributed by atoms with van der Waals surface area (Å²) in [6.45, 7) is 8.09. The number of hydrogen-bond acceptors (Lipinski definition) is 5. The van der Waals surface area contributed by atoms with Crippen LogP contribution >= 0.6 is 11.3 Å². The maximum Gasteiger partial charge on any atom is 0.186 e. The molecule has 1 aliphatic heterocycles. The summed E-state index contributed by atoms with van der Waals surface area (Å²) in [6, 6.07) is 0.603. The van der Waals surface area contributed by atoms with Gasteiger partial charge in [-0.1, -0.05) is 19.8 Å². The van der Waals surface area contributed by atoms with Gasteiger partial charge in [0.2, 0.25) is 0 Å². The van der Waals surface area contributed by atoms with E-state index in [1.54, 1.807) is 7.11 Å². The molecule has 1 aromatic heterocycles. The van der Waals surface area contributed by atoms with Crippen LogP contribution in [-0.4, -0.2) is 31.2 Å². The van der Waals surface area contributed by atoms with E-state index in [9.17, 15) is 0 Å². The molecule has 0 radical (unpaired) electrons. The molecule has 114 valence electrons. The number of nitrogens with one attached hydrogen (secondary N) is 1. The van der Waals surface area contributed by atoms with Gasteiger partial charge in [0.05, 0.1) is 12.3 Å². The van der Waals surface area contributed by atoms with Crippen molar-refractivity contribution in [3.63, 3.8) is 0 Å². The highest BCUT2D eigenvalue weighted by Crippen LogP contribution is 2.31. The van der Waals surface area contributed by atoms with Crippen LogP contribution in [0.5, 0.6) is 0 Å². The molecule has 1 aliphatic rings. The Balaban J connectivity index is 2.17. The van der Waals surface area contributed by atoms with Crippen LogP contribution in [0.15, 0.2) is 0 Å². The van der Waals surface area contributed by atoms with Crippen LogP contribution in [0.4, 0.5) is 5.13 Å². The highest BCUT2D eigenvalue weighted by Gasteiger charge is 2.22. The molecule has 1 atom stereocenters. The first-order valence-corrected chi connectivity index (χ1v) is 8.52. The van der Waals surface area contributed by atoms with Crippen molar-refractivity contribution in [3.8, 4) is 0 Å². The summed E-state index contributed by atoms with van der Waals surface area (Å²) in [7, 11) is 1.74. The Morgan fingerprint density at radius 3 is 3.00 bits per heavy atom. The summed E-state index contributed by atoms with van der Waals surface area (Å²) in [5.41, 5.74) is 1.10. The predicted octanol–water partition coefficient (Wildman–Crippen LogP) is 3.17. The van der Waals surface area contributed by atoms with Gasteiger partial charge < -0.3 is 15.0 Å². The third kappa shape index (κ3) is 3.93. The number of thiazole rings is 1. The maximum absolute atomic E-state index is 5.30. The largest absolute Gasteiger partial charge is 0.378 e. The van der Waals surface area contributed by atoms with Gasteiger partial charge in [0.15, 0.2) is 5.13 Å². The normalized spacial score (nSPS) is 20.1. The van der Waals surface area contributed by atoms with Gasteiger partial charge in [-0.25, -0.2) is 4.98 Å². The SMILES string of the molecule is CCNCc1sc(N2CCCCCC2C)nc1COC. The van der Waals surface area contributed by atoms with Crippen LogP contribution in [0.1, 0.15) is 50.1 Å². The second-order valence-corrected chi connectivity index (χ2v) is 6.53. The lowest BCUT2D eigenvalue weighted by Gasteiger charge is -2.26. The third-order valence-electron chi connectivity index (χ3n) is 3.88. The molecule has 1 N–H and O–H groups in total. The number of anilines is 1. The molecule has 1 fully saturated rings. The molecular weight excluding hydrogens is 270 g/mol. The second-order valence-electron chi connectivity index (χ2n) is 5.47. The lowest BCUT2D eigenvalue weighted by atomic mass is 10.1. The molecule has 0 aliphatic carbocycles. The van der Waals surface area contributed by atoms with Gasteiger partial charge in [-0.15, -0.1) is 11.3 Å². The highest BCUT2D eigenvalue weighted by atomic mass is 32.1. The topological polar surface area (TPSA) is 37.4 Å². The van der Waals surface area contributed by atoms with Crippen LogP contribution in [-0.2, 0) is 17.9 Å². The van der Waals surface area contributed by atoms with E-state index in [4.69, 9.17) is 9.72 Å². The maximum atomic E-state index is 5.30. The van der Waals surface area contributed by atoms with Gasteiger partial charge >= 0.3 is 0 Å². The lowest BCUT2D eigenvalue weighted by Crippen LogP contribution is -2.32. The first kappa shape index (κ1) is 15.7. The molecule has 0 bridgehead atoms. The van der Waals surface area contributed by atoms with Gasteiger partial charge in [0.1, 0.15) is 0 Å². The monoisotopic (exact) mass is 297 g/mol. The van der Waals surface area contributed by atoms with E-state index in [0.717, 1.165) is 25.3 Å². The Morgan fingerprint density at radius 1 is 1.40 bits per heavy atom. The third-order valence-corrected chi connectivity index (χ3v) is 5.02. The van der Waals surface area contributed by atoms with E-state index in [1.807, 2.05) is 11.3 Å². The summed E-state index contributed by atoms with van der Waals surface area (Å²) < 4.78 is 5.30. The van der Waals surface area contributed by atoms with Crippen LogP contribution in [0.25, 0.3) is 0 Å². The minimum absolute atomic E-state index is 0.603. The van der Waals surface area contributed by atoms with Gasteiger partial charge in [0, 0.05) is 31.1 Å². The van der Waals surface area contributed by atoms with Crippen LogP contribution in [0.3, 0.4) is 0 Å². The van der Waals surface area contributed by atoms with E-state index in [1.165, 1.54) is 35.7 Å². The Labute approximate surface area is 126 Å². The zero-order chi connectivity index (χ0) is 14.4. The van der Waals surface area contributed by atoms with E-state index in [0.29, 0.717) is 12.6 Å². The number of rotatable bonds is 6. The molecule has 0 amide bonds. The first-order chi connectivity index (χ1) is 9.76. The second kappa shape index (κ2) is 7.96. The van der Waals surface area contributed by atoms with Crippen molar-refractivity contribution in [2.45, 2.75) is 58.7 Å². The Bertz CT molecular complexity index is 408. The van der Waals surface area contributed by atoms with Gasteiger partial charge in [-0.3, -0.25) is 0 Å². The lowest BCUT2D eigenvalue weighted by molar-refractivity contribution is 0.181. The van der Waals surface area contributed by atoms with E-state index in [-0.39, 0.29) is 0 Å². The smallest absolute Gasteiger partial charge is 0.186 e. The van der Waals surface area contributed by atoms with Crippen molar-refractivity contribution >= 4 is 16.5 Å². The molecule has 4 nitrogen and oxygen atoms in total. The Hall–Kier alpha value is -0.650. The van der Waals surface area contributed by atoms with E-state index in [2.05, 4.69) is 24.1 Å². The fraction of sp³-hybridized carbons (Fsp3) is 0.800. The molecule has 0 saturated carbocycles. The minimum atomic E-state index is 0.603. The van der Waals surface area contributed by atoms with Crippen molar-refractivity contribution in [2.75, 3.05) is 25.1 Å². The Morgan fingerprint density at radius 2 is 2.25 bits per heavy atom. The summed E-state index contributed by atoms with van der Waals surface area (Å²) in [6.07, 6.45) is 5.26. The fourth-order valence-corrected chi connectivity index (χ4v) is 3.84. The average molecular weight is 297 g/mol. The zero-order valence-corrected chi connectivity index (χ0v) is 13.8. The quantitative estimate of drug-likeness (QED) is 0.875. The fourth-order valence-electron chi connectivity index (χ4n) is 2.68. The predicted molar refractivity (Wildman–Crippen MR) is 85.5 cm³/mol. The summed E-state index contributed by atoms with van der Waals surface area (Å²) in [5, 5.41) is 4.58. The van der Waals surface area contributed by atoms with Crippen molar-refractivity contribution in [1.82, 2.24) is 10.3 Å². The van der Waals surface area contributed by atoms with Gasteiger partial charge in [0.25, 0.3) is 0 Å². The van der Waals surface area contributed by atoms with Crippen molar-refractivity contribution < 1.29 is 4.74 Å². The summed E-state index contributed by atoms with van der Waals surface area (Å²) in [4.78, 5) is 8.66. The van der Waals surface area contributed by atoms with Gasteiger partial charge in [-0.2, -0.15) is 0 Å². The summed E-state index contributed by atoms with van der Waals surface area (Å²) >= 11 is 1.83. The highest BCUT2D eigenvalue weighted by molar-refractivity contribution is 7.15. The molecule has 1 aromatic rings. The summed E-state index contributed by atoms with van der Waals surface area (Å²) in [5.74, 6) is 0. The Kier molecular flexibility index (Phi) is 6.26. The molecule has 20 heavy (non-hydrogen) atoms. The van der Waals surface area contributed by atoms with Crippen molar-refractivity contribution in [1.29, 1.82) is 0 Å². The van der Waals surface area contributed by atoms with Crippen molar-refractivity contribution in [3.05, 3.63) is 10.6 Å². The average Bonchev–Trinajstić information content (AvgIpc) is 2.70. The number of hydrogen-bond donors (Lipinski definition) is 1. The van der Waals surface area contributed by atoms with Gasteiger partial charge in [-0.05, 0) is 26.3 Å². The standard InChI is InChI=1S/C15H27N3OS/c1-4-16-10-14-13(11-19-3)17-15(20-14)18-9-7-5-6-8-12(18)2/h12,16H,4-11H2,1-3H3. The molecule has 1 saturated heterocycles. The van der Waals surface area contributed by atoms with E-state index < -0.39 is 0 Å². The molecule has 1 unspecified atom stereocenters. The minimum Gasteiger partial charge on any atom is -0.378 e. The number of aromatic nitrogens is 1. The molecule has 5 heteroatoms. The van der Waals surface area contributed by atoms with E-state index >= 15 is 0 Å². The zero-order valence-electron chi connectivity index (χ0n) is 12.9.